The predicted octanol–water partition coefficient (Wildman–Crippen LogP) is 0.0925. The van der Waals surface area contributed by atoms with Crippen LogP contribution in [0.4, 0.5) is 0 Å². The summed E-state index contributed by atoms with van der Waals surface area (Å²) in [4.78, 5) is 8.35. The molecule has 4 heteroatoms. The molecule has 0 spiro atoms. The van der Waals surface area contributed by atoms with Gasteiger partial charge in [0.15, 0.2) is 0 Å². The van der Waals surface area contributed by atoms with Crippen molar-refractivity contribution in [2.45, 2.75) is 6.92 Å². The summed E-state index contributed by atoms with van der Waals surface area (Å²) in [7, 11) is 0. The summed E-state index contributed by atoms with van der Waals surface area (Å²) in [6.07, 6.45) is 0.354. The average molecular weight is 173 g/mol. The third-order valence-electron chi connectivity index (χ3n) is 0.412. The van der Waals surface area contributed by atoms with Gasteiger partial charge in [0, 0.05) is 0 Å². The number of hydrogen-bond acceptors (Lipinski definition) is 1. The van der Waals surface area contributed by atoms with Gasteiger partial charge in [0.05, 0.1) is 0 Å². The maximum absolute atomic E-state index is 10.1. The Hall–Kier alpha value is 0.709. The van der Waals surface area contributed by atoms with Crippen LogP contribution < -0.4 is 0 Å². The third kappa shape index (κ3) is 4.71. The Labute approximate surface area is 44.8 Å². The van der Waals surface area contributed by atoms with E-state index in [4.69, 9.17) is 4.89 Å². The molecule has 0 saturated heterocycles. The van der Waals surface area contributed by atoms with E-state index in [0.717, 1.165) is 0 Å². The third-order valence-corrected chi connectivity index (χ3v) is 3.02. The zero-order valence-corrected chi connectivity index (χ0v) is 6.23. The van der Waals surface area contributed by atoms with E-state index in [1.807, 2.05) is 0 Å². The predicted molar refractivity (Wildman–Crippen MR) is 27.5 cm³/mol. The zero-order valence-electron chi connectivity index (χ0n) is 3.46. The minimum absolute atomic E-state index is 0.354. The summed E-state index contributed by atoms with van der Waals surface area (Å²) >= 11 is 1.77. The van der Waals surface area contributed by atoms with E-state index in [2.05, 4.69) is 0 Å². The Balaban J connectivity index is 3.48. The summed E-state index contributed by atoms with van der Waals surface area (Å²) in [5.41, 5.74) is 0. The SMILES string of the molecule is CCP(=O)(O)[SeH]. The second-order valence-electron chi connectivity index (χ2n) is 0.981. The molecule has 0 aliphatic carbocycles. The monoisotopic (exact) mass is 174 g/mol. The van der Waals surface area contributed by atoms with Crippen molar-refractivity contribution in [3.05, 3.63) is 0 Å². The molecule has 0 aromatic rings. The Morgan fingerprint density at radius 1 is 2.00 bits per heavy atom. The average Bonchev–Trinajstić information content (AvgIpc) is 1.35. The van der Waals surface area contributed by atoms with Crippen LogP contribution in [-0.2, 0) is 4.57 Å². The molecule has 0 radical (unpaired) electrons. The van der Waals surface area contributed by atoms with Crippen LogP contribution in [0.1, 0.15) is 6.92 Å². The molecule has 2 nitrogen and oxygen atoms in total. The van der Waals surface area contributed by atoms with Gasteiger partial charge in [-0.25, -0.2) is 0 Å². The molecule has 0 aromatic heterocycles. The molecule has 1 N–H and O–H groups in total. The van der Waals surface area contributed by atoms with E-state index in [0.29, 0.717) is 6.16 Å². The van der Waals surface area contributed by atoms with Crippen molar-refractivity contribution in [2.24, 2.45) is 0 Å². The van der Waals surface area contributed by atoms with Gasteiger partial charge in [0.2, 0.25) is 0 Å². The number of hydrogen-bond donors (Lipinski definition) is 1. The molecule has 6 heavy (non-hydrogen) atoms. The molecule has 1 unspecified atom stereocenters. The molecule has 0 saturated carbocycles. The van der Waals surface area contributed by atoms with Crippen molar-refractivity contribution in [3.63, 3.8) is 0 Å². The molecule has 1 atom stereocenters. The van der Waals surface area contributed by atoms with Crippen molar-refractivity contribution in [1.82, 2.24) is 0 Å². The summed E-state index contributed by atoms with van der Waals surface area (Å²) < 4.78 is 10.1. The second-order valence-corrected chi connectivity index (χ2v) is 6.88. The Morgan fingerprint density at radius 3 is 2.17 bits per heavy atom. The first kappa shape index (κ1) is 6.71. The van der Waals surface area contributed by atoms with E-state index >= 15 is 0 Å². The van der Waals surface area contributed by atoms with Gasteiger partial charge in [-0.1, -0.05) is 0 Å². The first-order valence-electron chi connectivity index (χ1n) is 1.61. The van der Waals surface area contributed by atoms with Crippen LogP contribution in [0.5, 0.6) is 0 Å². The fourth-order valence-corrected chi connectivity index (χ4v) is 0. The van der Waals surface area contributed by atoms with Crippen LogP contribution >= 0.6 is 6.06 Å². The molecule has 38 valence electrons. The van der Waals surface area contributed by atoms with Crippen LogP contribution in [0.3, 0.4) is 0 Å². The van der Waals surface area contributed by atoms with Crippen LogP contribution in [0.25, 0.3) is 0 Å². The Morgan fingerprint density at radius 2 is 2.17 bits per heavy atom. The van der Waals surface area contributed by atoms with Gasteiger partial charge < -0.3 is 0 Å². The van der Waals surface area contributed by atoms with Crippen molar-refractivity contribution >= 4 is 21.6 Å². The normalized spacial score (nSPS) is 19.8. The molecular formula is C2H7O2PSe. The first-order valence-corrected chi connectivity index (χ1v) is 5.92. The van der Waals surface area contributed by atoms with Gasteiger partial charge in [-0.2, -0.15) is 0 Å². The van der Waals surface area contributed by atoms with Gasteiger partial charge in [-0.3, -0.25) is 0 Å². The molecule has 0 rings (SSSR count). The van der Waals surface area contributed by atoms with E-state index in [1.54, 1.807) is 22.5 Å². The Bertz CT molecular complexity index is 75.6. The van der Waals surface area contributed by atoms with Crippen molar-refractivity contribution < 1.29 is 9.46 Å². The fraction of sp³-hybridized carbons (Fsp3) is 1.00. The molecule has 0 aliphatic heterocycles. The maximum atomic E-state index is 10.1. The van der Waals surface area contributed by atoms with E-state index < -0.39 is 6.06 Å². The quantitative estimate of drug-likeness (QED) is 0.450. The van der Waals surface area contributed by atoms with E-state index in [9.17, 15) is 4.57 Å². The summed E-state index contributed by atoms with van der Waals surface area (Å²) in [5, 5.41) is 0. The van der Waals surface area contributed by atoms with E-state index in [1.165, 1.54) is 0 Å². The summed E-state index contributed by atoms with van der Waals surface area (Å²) in [6, 6.07) is -2.71. The molecule has 0 heterocycles. The summed E-state index contributed by atoms with van der Waals surface area (Å²) in [6.45, 7) is 1.68. The fourth-order valence-electron chi connectivity index (χ4n) is 0. The van der Waals surface area contributed by atoms with Crippen LogP contribution in [0.2, 0.25) is 0 Å². The van der Waals surface area contributed by atoms with Gasteiger partial charge in [-0.05, 0) is 0 Å². The standard InChI is InChI=1S/C2H7O2PSe/c1-2-5(3,4)6/h2H2,1H3,(H2,3,4,6). The summed E-state index contributed by atoms with van der Waals surface area (Å²) in [5.74, 6) is 0. The first-order chi connectivity index (χ1) is 2.56. The molecule has 0 bridgehead atoms. The van der Waals surface area contributed by atoms with Crippen LogP contribution in [0, 0.1) is 0 Å². The van der Waals surface area contributed by atoms with Gasteiger partial charge in [0.1, 0.15) is 0 Å². The number of rotatable bonds is 1. The molecular weight excluding hydrogens is 166 g/mol. The van der Waals surface area contributed by atoms with E-state index in [-0.39, 0.29) is 0 Å². The molecule has 0 aromatic carbocycles. The topological polar surface area (TPSA) is 37.3 Å². The molecule has 0 fully saturated rings. The van der Waals surface area contributed by atoms with Gasteiger partial charge in [-0.15, -0.1) is 0 Å². The minimum atomic E-state index is -2.71. The molecule has 0 amide bonds. The zero-order chi connectivity index (χ0) is 5.21. The van der Waals surface area contributed by atoms with Crippen LogP contribution in [0.15, 0.2) is 0 Å². The van der Waals surface area contributed by atoms with Crippen molar-refractivity contribution in [1.29, 1.82) is 0 Å². The van der Waals surface area contributed by atoms with Crippen molar-refractivity contribution in [2.75, 3.05) is 6.16 Å². The van der Waals surface area contributed by atoms with Crippen LogP contribution in [-0.4, -0.2) is 26.6 Å². The van der Waals surface area contributed by atoms with Crippen molar-refractivity contribution in [3.8, 4) is 0 Å². The van der Waals surface area contributed by atoms with Gasteiger partial charge >= 0.3 is 44.2 Å². The molecule has 0 aliphatic rings. The Kier molecular flexibility index (Phi) is 2.38. The second kappa shape index (κ2) is 2.13. The van der Waals surface area contributed by atoms with Gasteiger partial charge in [0.25, 0.3) is 0 Å².